The van der Waals surface area contributed by atoms with Crippen molar-refractivity contribution in [2.45, 2.75) is 31.5 Å². The highest BCUT2D eigenvalue weighted by atomic mass is 19.1. The molecule has 1 aliphatic carbocycles. The number of carbonyl (C=O) groups excluding carboxylic acids is 1. The Balaban J connectivity index is 1.56. The molecule has 3 atom stereocenters. The van der Waals surface area contributed by atoms with Crippen LogP contribution in [0.4, 0.5) is 4.39 Å². The first-order valence-corrected chi connectivity index (χ1v) is 7.90. The molecule has 2 aromatic rings. The van der Waals surface area contributed by atoms with E-state index < -0.39 is 12.2 Å². The van der Waals surface area contributed by atoms with Crippen molar-refractivity contribution in [2.24, 2.45) is 5.92 Å². The molecular weight excluding hydrogens is 315 g/mol. The average molecular weight is 334 g/mol. The maximum absolute atomic E-state index is 13.2. The molecule has 0 saturated heterocycles. The van der Waals surface area contributed by atoms with Gasteiger partial charge in [-0.15, -0.1) is 0 Å². The van der Waals surface area contributed by atoms with Crippen molar-refractivity contribution in [3.63, 3.8) is 0 Å². The molecule has 2 N–H and O–H groups in total. The molecule has 128 valence electrons. The van der Waals surface area contributed by atoms with Crippen LogP contribution >= 0.6 is 0 Å². The molecule has 1 saturated carbocycles. The molecule has 1 amide bonds. The summed E-state index contributed by atoms with van der Waals surface area (Å²) in [6.07, 6.45) is 3.63. The predicted octanol–water partition coefficient (Wildman–Crippen LogP) is 2.15. The zero-order chi connectivity index (χ0) is 16.9. The van der Waals surface area contributed by atoms with E-state index in [1.54, 1.807) is 12.1 Å². The van der Waals surface area contributed by atoms with Gasteiger partial charge in [-0.2, -0.15) is 0 Å². The van der Waals surface area contributed by atoms with Crippen molar-refractivity contribution in [1.82, 2.24) is 10.3 Å². The maximum Gasteiger partial charge on any atom is 0.273 e. The van der Waals surface area contributed by atoms with Crippen LogP contribution in [-0.2, 0) is 0 Å². The van der Waals surface area contributed by atoms with Gasteiger partial charge in [0.25, 0.3) is 5.91 Å². The zero-order valence-corrected chi connectivity index (χ0v) is 13.0. The SMILES string of the molecule is O=C(NC[C@H]1CCC[C@@H](Oc2cccc(F)c2)[C@@H]1O)c1cocn1. The summed E-state index contributed by atoms with van der Waals surface area (Å²) in [5.41, 5.74) is 0.202. The first kappa shape index (κ1) is 16.4. The first-order valence-electron chi connectivity index (χ1n) is 7.90. The minimum Gasteiger partial charge on any atom is -0.488 e. The minimum atomic E-state index is -0.736. The Hall–Kier alpha value is -2.41. The summed E-state index contributed by atoms with van der Waals surface area (Å²) in [4.78, 5) is 15.7. The summed E-state index contributed by atoms with van der Waals surface area (Å²) in [6.45, 7) is 0.315. The molecule has 1 heterocycles. The van der Waals surface area contributed by atoms with E-state index in [1.807, 2.05) is 0 Å². The van der Waals surface area contributed by atoms with Gasteiger partial charge < -0.3 is 19.6 Å². The third-order valence-corrected chi connectivity index (χ3v) is 4.20. The Bertz CT molecular complexity index is 677. The fraction of sp³-hybridized carbons (Fsp3) is 0.412. The Morgan fingerprint density at radius 2 is 2.33 bits per heavy atom. The smallest absolute Gasteiger partial charge is 0.273 e. The van der Waals surface area contributed by atoms with Gasteiger partial charge in [-0.1, -0.05) is 6.07 Å². The van der Waals surface area contributed by atoms with Gasteiger partial charge in [-0.05, 0) is 31.4 Å². The fourth-order valence-electron chi connectivity index (χ4n) is 2.93. The Morgan fingerprint density at radius 1 is 1.46 bits per heavy atom. The fourth-order valence-corrected chi connectivity index (χ4v) is 2.93. The number of hydrogen-bond donors (Lipinski definition) is 2. The number of rotatable bonds is 5. The van der Waals surface area contributed by atoms with Crippen LogP contribution in [0.1, 0.15) is 29.8 Å². The number of nitrogens with one attached hydrogen (secondary N) is 1. The van der Waals surface area contributed by atoms with Gasteiger partial charge in [0.05, 0.1) is 6.10 Å². The van der Waals surface area contributed by atoms with Crippen LogP contribution in [0.15, 0.2) is 41.3 Å². The number of benzene rings is 1. The normalized spacial score (nSPS) is 23.7. The van der Waals surface area contributed by atoms with Crippen molar-refractivity contribution in [2.75, 3.05) is 6.54 Å². The highest BCUT2D eigenvalue weighted by Crippen LogP contribution is 2.28. The number of aromatic nitrogens is 1. The molecule has 1 aromatic carbocycles. The number of aliphatic hydroxyl groups excluding tert-OH is 1. The monoisotopic (exact) mass is 334 g/mol. The van der Waals surface area contributed by atoms with Gasteiger partial charge in [0.15, 0.2) is 12.1 Å². The number of amides is 1. The predicted molar refractivity (Wildman–Crippen MR) is 83.0 cm³/mol. The summed E-state index contributed by atoms with van der Waals surface area (Å²) in [5, 5.41) is 13.2. The van der Waals surface area contributed by atoms with Crippen molar-refractivity contribution in [3.8, 4) is 5.75 Å². The lowest BCUT2D eigenvalue weighted by Crippen LogP contribution is -2.45. The quantitative estimate of drug-likeness (QED) is 0.875. The lowest BCUT2D eigenvalue weighted by atomic mass is 9.84. The number of aliphatic hydroxyl groups is 1. The van der Waals surface area contributed by atoms with E-state index in [2.05, 4.69) is 10.3 Å². The number of carbonyl (C=O) groups is 1. The summed E-state index contributed by atoms with van der Waals surface area (Å²) >= 11 is 0. The van der Waals surface area contributed by atoms with E-state index in [4.69, 9.17) is 9.15 Å². The molecule has 3 rings (SSSR count). The molecule has 1 fully saturated rings. The van der Waals surface area contributed by atoms with Gasteiger partial charge in [-0.25, -0.2) is 9.37 Å². The summed E-state index contributed by atoms with van der Waals surface area (Å²) < 4.78 is 23.7. The maximum atomic E-state index is 13.2. The Kier molecular flexibility index (Phi) is 5.10. The lowest BCUT2D eigenvalue weighted by Gasteiger charge is -2.34. The van der Waals surface area contributed by atoms with Crippen molar-refractivity contribution in [1.29, 1.82) is 0 Å². The van der Waals surface area contributed by atoms with Crippen LogP contribution in [0, 0.1) is 11.7 Å². The van der Waals surface area contributed by atoms with Gasteiger partial charge in [0.1, 0.15) is 23.9 Å². The number of halogens is 1. The number of hydrogen-bond acceptors (Lipinski definition) is 5. The van der Waals surface area contributed by atoms with E-state index in [1.165, 1.54) is 24.8 Å². The van der Waals surface area contributed by atoms with Crippen molar-refractivity contribution in [3.05, 3.63) is 48.4 Å². The largest absolute Gasteiger partial charge is 0.488 e. The third-order valence-electron chi connectivity index (χ3n) is 4.20. The second kappa shape index (κ2) is 7.44. The standard InChI is InChI=1S/C17H19FN2O4/c18-12-4-2-5-13(7-12)24-15-6-1-3-11(16(15)21)8-19-17(22)14-9-23-10-20-14/h2,4-5,7,9-11,15-16,21H,1,3,6,8H2,(H,19,22)/t11-,15-,16-/m1/s1. The highest BCUT2D eigenvalue weighted by molar-refractivity contribution is 5.91. The van der Waals surface area contributed by atoms with Gasteiger partial charge in [-0.3, -0.25) is 4.79 Å². The first-order chi connectivity index (χ1) is 11.6. The molecule has 0 unspecified atom stereocenters. The molecular formula is C17H19FN2O4. The summed E-state index contributed by atoms with van der Waals surface area (Å²) in [5.74, 6) is -0.460. The molecule has 0 aliphatic heterocycles. The van der Waals surface area contributed by atoms with Crippen LogP contribution in [0.2, 0.25) is 0 Å². The molecule has 1 aliphatic rings. The van der Waals surface area contributed by atoms with Gasteiger partial charge >= 0.3 is 0 Å². The number of ether oxygens (including phenoxy) is 1. The van der Waals surface area contributed by atoms with Crippen molar-refractivity contribution >= 4 is 5.91 Å². The second-order valence-electron chi connectivity index (χ2n) is 5.88. The topological polar surface area (TPSA) is 84.6 Å². The summed E-state index contributed by atoms with van der Waals surface area (Å²) in [7, 11) is 0. The molecule has 7 heteroatoms. The van der Waals surface area contributed by atoms with E-state index >= 15 is 0 Å². The Labute approximate surface area is 138 Å². The average Bonchev–Trinajstić information content (AvgIpc) is 3.10. The van der Waals surface area contributed by atoms with E-state index in [9.17, 15) is 14.3 Å². The van der Waals surface area contributed by atoms with E-state index in [-0.39, 0.29) is 23.3 Å². The van der Waals surface area contributed by atoms with Crippen LogP contribution in [-0.4, -0.2) is 34.8 Å². The lowest BCUT2D eigenvalue weighted by molar-refractivity contribution is -0.0302. The molecule has 1 aromatic heterocycles. The van der Waals surface area contributed by atoms with E-state index in [0.717, 1.165) is 12.8 Å². The highest BCUT2D eigenvalue weighted by Gasteiger charge is 2.33. The zero-order valence-electron chi connectivity index (χ0n) is 13.0. The minimum absolute atomic E-state index is 0.131. The molecule has 0 spiro atoms. The molecule has 6 nitrogen and oxygen atoms in total. The summed E-state index contributed by atoms with van der Waals surface area (Å²) in [6, 6.07) is 5.86. The molecule has 0 radical (unpaired) electrons. The second-order valence-corrected chi connectivity index (χ2v) is 5.88. The van der Waals surface area contributed by atoms with Crippen molar-refractivity contribution < 1.29 is 23.4 Å². The Morgan fingerprint density at radius 3 is 3.08 bits per heavy atom. The molecule has 0 bridgehead atoms. The third kappa shape index (κ3) is 3.91. The van der Waals surface area contributed by atoms with E-state index in [0.29, 0.717) is 18.7 Å². The van der Waals surface area contributed by atoms with Gasteiger partial charge in [0, 0.05) is 18.5 Å². The number of nitrogens with zero attached hydrogens (tertiary/aromatic N) is 1. The number of oxazole rings is 1. The van der Waals surface area contributed by atoms with Crippen LogP contribution in [0.3, 0.4) is 0 Å². The van der Waals surface area contributed by atoms with Crippen LogP contribution < -0.4 is 10.1 Å². The van der Waals surface area contributed by atoms with Gasteiger partial charge in [0.2, 0.25) is 0 Å². The molecule has 24 heavy (non-hydrogen) atoms. The van der Waals surface area contributed by atoms with Crippen LogP contribution in [0.5, 0.6) is 5.75 Å². The van der Waals surface area contributed by atoms with Crippen LogP contribution in [0.25, 0.3) is 0 Å².